The van der Waals surface area contributed by atoms with Crippen LogP contribution in [0.15, 0.2) is 61.2 Å². The molecule has 3 rings (SSSR count). The first-order valence-electron chi connectivity index (χ1n) is 8.50. The standard InChI is InChI=1S/C22H25NOS/c1-5-11-25-15-18-14-22(2,3)23-21-10-9-17(13-20(18)21)16-7-6-8-19(12-16)24-4/h5-10,12-14,23H,1,11,15H2,2-4H3. The summed E-state index contributed by atoms with van der Waals surface area (Å²) in [5.74, 6) is 2.84. The number of ether oxygens (including phenoxy) is 1. The number of rotatable bonds is 6. The fraction of sp³-hybridized carbons (Fsp3) is 0.273. The molecule has 0 saturated heterocycles. The Morgan fingerprint density at radius 1 is 1.16 bits per heavy atom. The third-order valence-corrected chi connectivity index (χ3v) is 5.24. The van der Waals surface area contributed by atoms with Crippen molar-refractivity contribution in [1.29, 1.82) is 0 Å². The van der Waals surface area contributed by atoms with Gasteiger partial charge in [-0.25, -0.2) is 0 Å². The lowest BCUT2D eigenvalue weighted by atomic mass is 9.89. The number of thioether (sulfide) groups is 1. The molecule has 0 saturated carbocycles. The van der Waals surface area contributed by atoms with Gasteiger partial charge in [-0.1, -0.05) is 30.4 Å². The van der Waals surface area contributed by atoms with Gasteiger partial charge in [-0.3, -0.25) is 0 Å². The highest BCUT2D eigenvalue weighted by Crippen LogP contribution is 2.38. The molecule has 130 valence electrons. The highest BCUT2D eigenvalue weighted by Gasteiger charge is 2.24. The zero-order valence-corrected chi connectivity index (χ0v) is 16.0. The molecular formula is C22H25NOS. The first-order chi connectivity index (χ1) is 12.0. The lowest BCUT2D eigenvalue weighted by molar-refractivity contribution is 0.415. The molecule has 3 heteroatoms. The summed E-state index contributed by atoms with van der Waals surface area (Å²) in [5, 5.41) is 3.63. The van der Waals surface area contributed by atoms with Crippen molar-refractivity contribution in [2.45, 2.75) is 19.4 Å². The Balaban J connectivity index is 1.99. The van der Waals surface area contributed by atoms with Crippen molar-refractivity contribution < 1.29 is 4.74 Å². The van der Waals surface area contributed by atoms with Gasteiger partial charge in [0.05, 0.1) is 12.6 Å². The summed E-state index contributed by atoms with van der Waals surface area (Å²) < 4.78 is 5.37. The lowest BCUT2D eigenvalue weighted by Crippen LogP contribution is -2.32. The number of fused-ring (bicyclic) bond motifs is 1. The maximum atomic E-state index is 5.37. The van der Waals surface area contributed by atoms with Crippen LogP contribution in [0.25, 0.3) is 16.7 Å². The molecule has 0 fully saturated rings. The van der Waals surface area contributed by atoms with Crippen molar-refractivity contribution in [2.24, 2.45) is 0 Å². The quantitative estimate of drug-likeness (QED) is 0.519. The van der Waals surface area contributed by atoms with Crippen LogP contribution in [0, 0.1) is 0 Å². The van der Waals surface area contributed by atoms with E-state index in [4.69, 9.17) is 4.74 Å². The molecule has 0 atom stereocenters. The van der Waals surface area contributed by atoms with Crippen molar-refractivity contribution in [2.75, 3.05) is 23.9 Å². The molecule has 0 spiro atoms. The van der Waals surface area contributed by atoms with Crippen LogP contribution < -0.4 is 10.1 Å². The smallest absolute Gasteiger partial charge is 0.119 e. The molecule has 0 radical (unpaired) electrons. The van der Waals surface area contributed by atoms with Gasteiger partial charge in [0.15, 0.2) is 0 Å². The fourth-order valence-corrected chi connectivity index (χ4v) is 3.91. The van der Waals surface area contributed by atoms with E-state index >= 15 is 0 Å². The molecular weight excluding hydrogens is 326 g/mol. The van der Waals surface area contributed by atoms with Gasteiger partial charge in [0.2, 0.25) is 0 Å². The minimum atomic E-state index is -0.0332. The molecule has 1 aliphatic heterocycles. The van der Waals surface area contributed by atoms with Gasteiger partial charge in [0.25, 0.3) is 0 Å². The van der Waals surface area contributed by atoms with Gasteiger partial charge in [-0.15, -0.1) is 6.58 Å². The second-order valence-corrected chi connectivity index (χ2v) is 7.84. The second kappa shape index (κ2) is 7.40. The molecule has 1 heterocycles. The Kier molecular flexibility index (Phi) is 5.24. The highest BCUT2D eigenvalue weighted by atomic mass is 32.2. The highest BCUT2D eigenvalue weighted by molar-refractivity contribution is 7.99. The predicted octanol–water partition coefficient (Wildman–Crippen LogP) is 5.87. The van der Waals surface area contributed by atoms with Crippen LogP contribution in [0.5, 0.6) is 5.75 Å². The van der Waals surface area contributed by atoms with Crippen molar-refractivity contribution >= 4 is 23.0 Å². The number of nitrogens with one attached hydrogen (secondary N) is 1. The molecule has 2 nitrogen and oxygen atoms in total. The minimum Gasteiger partial charge on any atom is -0.497 e. The predicted molar refractivity (Wildman–Crippen MR) is 112 cm³/mol. The summed E-state index contributed by atoms with van der Waals surface area (Å²) in [4.78, 5) is 0. The van der Waals surface area contributed by atoms with Gasteiger partial charge >= 0.3 is 0 Å². The average Bonchev–Trinajstić information content (AvgIpc) is 2.61. The SMILES string of the molecule is C=CCSCC1=CC(C)(C)Nc2ccc(-c3cccc(OC)c3)cc21. The molecule has 0 amide bonds. The van der Waals surface area contributed by atoms with E-state index < -0.39 is 0 Å². The van der Waals surface area contributed by atoms with E-state index in [1.165, 1.54) is 28.0 Å². The van der Waals surface area contributed by atoms with Crippen LogP contribution in [-0.4, -0.2) is 24.2 Å². The van der Waals surface area contributed by atoms with Crippen LogP contribution in [0.2, 0.25) is 0 Å². The molecule has 1 aliphatic rings. The van der Waals surface area contributed by atoms with Crippen LogP contribution in [0.3, 0.4) is 0 Å². The largest absolute Gasteiger partial charge is 0.497 e. The Bertz CT molecular complexity index is 807. The summed E-state index contributed by atoms with van der Waals surface area (Å²) in [7, 11) is 1.70. The maximum absolute atomic E-state index is 5.37. The minimum absolute atomic E-state index is 0.0332. The number of anilines is 1. The van der Waals surface area contributed by atoms with Crippen LogP contribution >= 0.6 is 11.8 Å². The van der Waals surface area contributed by atoms with E-state index in [-0.39, 0.29) is 5.54 Å². The van der Waals surface area contributed by atoms with E-state index in [1.807, 2.05) is 30.0 Å². The zero-order valence-electron chi connectivity index (χ0n) is 15.1. The summed E-state index contributed by atoms with van der Waals surface area (Å²) in [6, 6.07) is 14.9. The zero-order chi connectivity index (χ0) is 17.9. The van der Waals surface area contributed by atoms with Crippen molar-refractivity contribution in [3.63, 3.8) is 0 Å². The van der Waals surface area contributed by atoms with E-state index in [2.05, 4.69) is 62.2 Å². The number of benzene rings is 2. The Morgan fingerprint density at radius 2 is 1.96 bits per heavy atom. The molecule has 2 aromatic carbocycles. The first-order valence-corrected chi connectivity index (χ1v) is 9.65. The van der Waals surface area contributed by atoms with E-state index in [0.29, 0.717) is 0 Å². The van der Waals surface area contributed by atoms with Crippen molar-refractivity contribution in [1.82, 2.24) is 0 Å². The van der Waals surface area contributed by atoms with Gasteiger partial charge in [0, 0.05) is 22.8 Å². The van der Waals surface area contributed by atoms with Crippen LogP contribution in [0.1, 0.15) is 19.4 Å². The monoisotopic (exact) mass is 351 g/mol. The van der Waals surface area contributed by atoms with Gasteiger partial charge in [0.1, 0.15) is 5.75 Å². The summed E-state index contributed by atoms with van der Waals surface area (Å²) >= 11 is 1.90. The Labute approximate surface area is 155 Å². The summed E-state index contributed by atoms with van der Waals surface area (Å²) in [5.41, 5.74) is 6.22. The Hall–Kier alpha value is -2.13. The van der Waals surface area contributed by atoms with Crippen LogP contribution in [-0.2, 0) is 0 Å². The molecule has 0 bridgehead atoms. The molecule has 25 heavy (non-hydrogen) atoms. The molecule has 0 aromatic heterocycles. The molecule has 1 N–H and O–H groups in total. The third-order valence-electron chi connectivity index (χ3n) is 4.25. The van der Waals surface area contributed by atoms with E-state index in [0.717, 1.165) is 17.3 Å². The average molecular weight is 352 g/mol. The van der Waals surface area contributed by atoms with Gasteiger partial charge in [-0.05, 0) is 54.8 Å². The summed E-state index contributed by atoms with van der Waals surface area (Å²) in [6.07, 6.45) is 4.31. The summed E-state index contributed by atoms with van der Waals surface area (Å²) in [6.45, 7) is 8.25. The Morgan fingerprint density at radius 3 is 2.72 bits per heavy atom. The van der Waals surface area contributed by atoms with Gasteiger partial charge < -0.3 is 10.1 Å². The third kappa shape index (κ3) is 4.10. The molecule has 0 unspecified atom stereocenters. The fourth-order valence-electron chi connectivity index (χ4n) is 3.17. The number of hydrogen-bond acceptors (Lipinski definition) is 3. The lowest BCUT2D eigenvalue weighted by Gasteiger charge is -2.32. The van der Waals surface area contributed by atoms with Crippen molar-refractivity contribution in [3.8, 4) is 16.9 Å². The molecule has 2 aromatic rings. The topological polar surface area (TPSA) is 21.3 Å². The molecule has 0 aliphatic carbocycles. The first kappa shape index (κ1) is 17.7. The van der Waals surface area contributed by atoms with Gasteiger partial charge in [-0.2, -0.15) is 11.8 Å². The normalized spacial score (nSPS) is 14.9. The van der Waals surface area contributed by atoms with Crippen molar-refractivity contribution in [3.05, 3.63) is 66.8 Å². The van der Waals surface area contributed by atoms with E-state index in [9.17, 15) is 0 Å². The maximum Gasteiger partial charge on any atom is 0.119 e. The number of hydrogen-bond donors (Lipinski definition) is 1. The second-order valence-electron chi connectivity index (χ2n) is 6.81. The van der Waals surface area contributed by atoms with Crippen LogP contribution in [0.4, 0.5) is 5.69 Å². The van der Waals surface area contributed by atoms with E-state index in [1.54, 1.807) is 7.11 Å². The number of methoxy groups -OCH3 is 1.